The quantitative estimate of drug-likeness (QED) is 0.489. The molecule has 2 aromatic rings. The number of carbonyl (C=O) groups is 1. The third-order valence-corrected chi connectivity index (χ3v) is 4.58. The molecule has 160 valence electrons. The fraction of sp³-hybridized carbons (Fsp3) is 0.286. The van der Waals surface area contributed by atoms with E-state index in [4.69, 9.17) is 10.00 Å². The van der Waals surface area contributed by atoms with Gasteiger partial charge in [-0.1, -0.05) is 18.7 Å². The van der Waals surface area contributed by atoms with E-state index in [-0.39, 0.29) is 18.2 Å². The average molecular weight is 429 g/mol. The van der Waals surface area contributed by atoms with Crippen LogP contribution in [-0.4, -0.2) is 33.7 Å². The number of aromatic nitrogens is 2. The summed E-state index contributed by atoms with van der Waals surface area (Å²) in [5, 5.41) is 14.0. The van der Waals surface area contributed by atoms with Gasteiger partial charge < -0.3 is 4.74 Å². The first kappa shape index (κ1) is 22.0. The Balaban J connectivity index is 1.52. The summed E-state index contributed by atoms with van der Waals surface area (Å²) < 4.78 is 43.7. The Labute approximate surface area is 176 Å². The van der Waals surface area contributed by atoms with Gasteiger partial charge in [0.2, 0.25) is 5.88 Å². The Hall–Kier alpha value is -3.74. The number of hydrazone groups is 1. The highest BCUT2D eigenvalue weighted by atomic mass is 19.4. The molecule has 3 rings (SSSR count). The van der Waals surface area contributed by atoms with Gasteiger partial charge in [-0.05, 0) is 30.5 Å². The monoisotopic (exact) mass is 429 g/mol. The zero-order chi connectivity index (χ0) is 22.4. The number of benzene rings is 1. The highest BCUT2D eigenvalue weighted by Crippen LogP contribution is 2.33. The van der Waals surface area contributed by atoms with E-state index < -0.39 is 23.7 Å². The number of amides is 1. The molecule has 1 aliphatic heterocycles. The van der Waals surface area contributed by atoms with Gasteiger partial charge in [-0.3, -0.25) is 4.79 Å². The van der Waals surface area contributed by atoms with Gasteiger partial charge in [-0.25, -0.2) is 15.0 Å². The molecule has 1 unspecified atom stereocenters. The molecule has 10 heteroatoms. The third kappa shape index (κ3) is 5.45. The first-order valence-corrected chi connectivity index (χ1v) is 9.35. The SMILES string of the molecule is C=C(CCCOc1cnc(C#N)cn1)C(=O)N1N=CCC1c1ccc(C(F)(F)F)cc1. The first-order valence-electron chi connectivity index (χ1n) is 9.35. The van der Waals surface area contributed by atoms with Crippen LogP contribution in [0.2, 0.25) is 0 Å². The maximum absolute atomic E-state index is 12.8. The largest absolute Gasteiger partial charge is 0.477 e. The van der Waals surface area contributed by atoms with Crippen LogP contribution in [0.25, 0.3) is 0 Å². The highest BCUT2D eigenvalue weighted by Gasteiger charge is 2.32. The Morgan fingerprint density at radius 1 is 1.26 bits per heavy atom. The van der Waals surface area contributed by atoms with E-state index >= 15 is 0 Å². The van der Waals surface area contributed by atoms with Crippen LogP contribution in [0, 0.1) is 11.3 Å². The van der Waals surface area contributed by atoms with Crippen molar-refractivity contribution >= 4 is 12.1 Å². The summed E-state index contributed by atoms with van der Waals surface area (Å²) in [7, 11) is 0. The second-order valence-corrected chi connectivity index (χ2v) is 6.73. The third-order valence-electron chi connectivity index (χ3n) is 4.58. The van der Waals surface area contributed by atoms with Crippen molar-refractivity contribution in [2.45, 2.75) is 31.5 Å². The number of carbonyl (C=O) groups excluding carboxylic acids is 1. The number of halogens is 3. The average Bonchev–Trinajstić information content (AvgIpc) is 3.26. The standard InChI is InChI=1S/C21H18F3N5O2/c1-14(3-2-10-31-19-13-26-17(11-25)12-27-19)20(30)29-18(8-9-28-29)15-4-6-16(7-5-15)21(22,23)24/h4-7,9,12-13,18H,1-3,8,10H2. The highest BCUT2D eigenvalue weighted by molar-refractivity contribution is 5.94. The number of nitriles is 1. The Morgan fingerprint density at radius 2 is 2.00 bits per heavy atom. The Bertz CT molecular complexity index is 1010. The molecule has 0 spiro atoms. The summed E-state index contributed by atoms with van der Waals surface area (Å²) >= 11 is 0. The molecule has 1 aliphatic rings. The number of rotatable bonds is 7. The van der Waals surface area contributed by atoms with Crippen LogP contribution < -0.4 is 4.74 Å². The van der Waals surface area contributed by atoms with Gasteiger partial charge in [0.25, 0.3) is 5.91 Å². The molecule has 1 amide bonds. The molecule has 31 heavy (non-hydrogen) atoms. The fourth-order valence-electron chi connectivity index (χ4n) is 2.96. The lowest BCUT2D eigenvalue weighted by atomic mass is 10.0. The van der Waals surface area contributed by atoms with Gasteiger partial charge in [-0.15, -0.1) is 0 Å². The van der Waals surface area contributed by atoms with Crippen LogP contribution in [0.5, 0.6) is 5.88 Å². The minimum atomic E-state index is -4.42. The Morgan fingerprint density at radius 3 is 2.61 bits per heavy atom. The van der Waals surface area contributed by atoms with Crippen LogP contribution in [0.15, 0.2) is 53.9 Å². The summed E-state index contributed by atoms with van der Waals surface area (Å²) in [4.78, 5) is 20.5. The van der Waals surface area contributed by atoms with Gasteiger partial charge in [0.1, 0.15) is 6.07 Å². The van der Waals surface area contributed by atoms with Crippen LogP contribution in [0.3, 0.4) is 0 Å². The molecule has 0 radical (unpaired) electrons. The number of hydrogen-bond donors (Lipinski definition) is 0. The summed E-state index contributed by atoms with van der Waals surface area (Å²) in [5.41, 5.74) is 0.310. The maximum Gasteiger partial charge on any atom is 0.416 e. The van der Waals surface area contributed by atoms with Crippen LogP contribution in [0.1, 0.15) is 42.1 Å². The fourth-order valence-corrected chi connectivity index (χ4v) is 2.96. The van der Waals surface area contributed by atoms with E-state index in [0.29, 0.717) is 30.4 Å². The van der Waals surface area contributed by atoms with E-state index in [2.05, 4.69) is 21.6 Å². The van der Waals surface area contributed by atoms with Gasteiger partial charge in [0.15, 0.2) is 5.69 Å². The van der Waals surface area contributed by atoms with Crippen molar-refractivity contribution in [1.29, 1.82) is 5.26 Å². The molecule has 7 nitrogen and oxygen atoms in total. The molecular formula is C21H18F3N5O2. The maximum atomic E-state index is 12.8. The predicted molar refractivity (Wildman–Crippen MR) is 105 cm³/mol. The Kier molecular flexibility index (Phi) is 6.65. The molecule has 0 bridgehead atoms. The molecular weight excluding hydrogens is 411 g/mol. The zero-order valence-corrected chi connectivity index (χ0v) is 16.3. The van der Waals surface area contributed by atoms with Crippen molar-refractivity contribution in [3.63, 3.8) is 0 Å². The van der Waals surface area contributed by atoms with Crippen molar-refractivity contribution in [2.75, 3.05) is 6.61 Å². The van der Waals surface area contributed by atoms with E-state index in [1.165, 1.54) is 29.5 Å². The molecule has 2 heterocycles. The number of hydrogen-bond acceptors (Lipinski definition) is 6. The minimum absolute atomic E-state index is 0.181. The molecule has 1 aromatic carbocycles. The smallest absolute Gasteiger partial charge is 0.416 e. The molecule has 1 atom stereocenters. The number of nitrogens with zero attached hydrogens (tertiary/aromatic N) is 5. The van der Waals surface area contributed by atoms with E-state index in [1.807, 2.05) is 6.07 Å². The lowest BCUT2D eigenvalue weighted by Gasteiger charge is -2.23. The van der Waals surface area contributed by atoms with E-state index in [1.54, 1.807) is 6.21 Å². The minimum Gasteiger partial charge on any atom is -0.477 e. The first-order chi connectivity index (χ1) is 14.8. The summed E-state index contributed by atoms with van der Waals surface area (Å²) in [6.45, 7) is 4.07. The second kappa shape index (κ2) is 9.38. The predicted octanol–water partition coefficient (Wildman–Crippen LogP) is 4.04. The van der Waals surface area contributed by atoms with Crippen molar-refractivity contribution in [2.24, 2.45) is 5.10 Å². The van der Waals surface area contributed by atoms with Gasteiger partial charge in [-0.2, -0.15) is 23.5 Å². The van der Waals surface area contributed by atoms with E-state index in [9.17, 15) is 18.0 Å². The van der Waals surface area contributed by atoms with Crippen molar-refractivity contribution in [3.05, 3.63) is 65.6 Å². The number of alkyl halides is 3. The van der Waals surface area contributed by atoms with Crippen molar-refractivity contribution in [3.8, 4) is 11.9 Å². The molecule has 0 saturated heterocycles. The van der Waals surface area contributed by atoms with E-state index in [0.717, 1.165) is 12.1 Å². The van der Waals surface area contributed by atoms with Gasteiger partial charge in [0.05, 0.1) is 30.6 Å². The number of ether oxygens (including phenoxy) is 1. The van der Waals surface area contributed by atoms with Crippen LogP contribution >= 0.6 is 0 Å². The molecule has 0 saturated carbocycles. The summed E-state index contributed by atoms with van der Waals surface area (Å²) in [6, 6.07) is 6.09. The van der Waals surface area contributed by atoms with Gasteiger partial charge >= 0.3 is 6.18 Å². The topological polar surface area (TPSA) is 91.5 Å². The molecule has 0 aliphatic carbocycles. The normalized spacial score (nSPS) is 15.5. The zero-order valence-electron chi connectivity index (χ0n) is 16.3. The van der Waals surface area contributed by atoms with Crippen LogP contribution in [0.4, 0.5) is 13.2 Å². The van der Waals surface area contributed by atoms with Crippen molar-refractivity contribution < 1.29 is 22.7 Å². The second-order valence-electron chi connectivity index (χ2n) is 6.73. The summed E-state index contributed by atoms with van der Waals surface area (Å²) in [5.74, 6) is -0.126. The molecule has 0 fully saturated rings. The van der Waals surface area contributed by atoms with Gasteiger partial charge in [0, 0.05) is 18.2 Å². The van der Waals surface area contributed by atoms with Crippen LogP contribution in [-0.2, 0) is 11.0 Å². The summed E-state index contributed by atoms with van der Waals surface area (Å²) in [6.07, 6.45) is 1.00. The molecule has 0 N–H and O–H groups in total. The lowest BCUT2D eigenvalue weighted by Crippen LogP contribution is -2.28. The molecule has 1 aromatic heterocycles. The lowest BCUT2D eigenvalue weighted by molar-refractivity contribution is -0.137. The van der Waals surface area contributed by atoms with Crippen molar-refractivity contribution in [1.82, 2.24) is 15.0 Å².